The average molecular weight is 361 g/mol. The number of anilines is 2. The summed E-state index contributed by atoms with van der Waals surface area (Å²) in [7, 11) is 0. The summed E-state index contributed by atoms with van der Waals surface area (Å²) < 4.78 is 5.58. The summed E-state index contributed by atoms with van der Waals surface area (Å²) in [6.45, 7) is 4.50. The van der Waals surface area contributed by atoms with E-state index in [9.17, 15) is 4.79 Å². The molecular weight excluding hydrogens is 338 g/mol. The van der Waals surface area contributed by atoms with Crippen LogP contribution in [0.4, 0.5) is 11.4 Å². The topological polar surface area (TPSA) is 58.4 Å². The first kappa shape index (κ1) is 17.3. The number of nitrogens with one attached hydrogen (secondary N) is 1. The lowest BCUT2D eigenvalue weighted by atomic mass is 9.99. The van der Waals surface area contributed by atoms with Gasteiger partial charge in [-0.2, -0.15) is 0 Å². The third-order valence-electron chi connectivity index (χ3n) is 4.97. The highest BCUT2D eigenvalue weighted by molar-refractivity contribution is 6.01. The third-order valence-corrected chi connectivity index (χ3v) is 4.97. The number of carbonyl (C=O) groups excluding carboxylic acids is 1. The number of aromatic nitrogens is 1. The zero-order chi connectivity index (χ0) is 18.6. The van der Waals surface area contributed by atoms with E-state index >= 15 is 0 Å². The van der Waals surface area contributed by atoms with Crippen LogP contribution in [0.25, 0.3) is 17.2 Å². The van der Waals surface area contributed by atoms with Crippen molar-refractivity contribution < 1.29 is 9.21 Å². The molecule has 138 valence electrons. The van der Waals surface area contributed by atoms with Gasteiger partial charge in [-0.15, -0.1) is 0 Å². The Morgan fingerprint density at radius 2 is 1.89 bits per heavy atom. The van der Waals surface area contributed by atoms with Crippen LogP contribution >= 0.6 is 0 Å². The number of hydrogen-bond acceptors (Lipinski definition) is 4. The Labute approximate surface area is 158 Å². The van der Waals surface area contributed by atoms with Gasteiger partial charge in [0.05, 0.1) is 0 Å². The van der Waals surface area contributed by atoms with Crippen molar-refractivity contribution in [2.45, 2.75) is 19.8 Å². The highest BCUT2D eigenvalue weighted by atomic mass is 16.3. The van der Waals surface area contributed by atoms with Crippen molar-refractivity contribution >= 4 is 34.5 Å². The van der Waals surface area contributed by atoms with Crippen LogP contribution in [0.1, 0.15) is 25.7 Å². The van der Waals surface area contributed by atoms with E-state index in [1.54, 1.807) is 6.08 Å². The van der Waals surface area contributed by atoms with Gasteiger partial charge >= 0.3 is 0 Å². The third kappa shape index (κ3) is 4.19. The summed E-state index contributed by atoms with van der Waals surface area (Å²) in [6, 6.07) is 15.5. The number of amides is 1. The molecule has 4 rings (SSSR count). The van der Waals surface area contributed by atoms with E-state index in [2.05, 4.69) is 34.3 Å². The highest BCUT2D eigenvalue weighted by Gasteiger charge is 2.15. The van der Waals surface area contributed by atoms with Crippen molar-refractivity contribution in [1.82, 2.24) is 4.98 Å². The van der Waals surface area contributed by atoms with Crippen molar-refractivity contribution in [2.75, 3.05) is 23.3 Å². The molecule has 2 aromatic carbocycles. The number of hydrogen-bond donors (Lipinski definition) is 1. The first-order chi connectivity index (χ1) is 13.2. The van der Waals surface area contributed by atoms with E-state index in [4.69, 9.17) is 4.42 Å². The molecule has 0 atom stereocenters. The fraction of sp³-hybridized carbons (Fsp3) is 0.273. The maximum absolute atomic E-state index is 12.1. The molecule has 1 N–H and O–H groups in total. The Hall–Kier alpha value is -3.08. The van der Waals surface area contributed by atoms with E-state index in [0.29, 0.717) is 11.5 Å². The van der Waals surface area contributed by atoms with Gasteiger partial charge in [-0.1, -0.05) is 19.1 Å². The van der Waals surface area contributed by atoms with Crippen LogP contribution in [-0.2, 0) is 4.79 Å². The van der Waals surface area contributed by atoms with Crippen LogP contribution < -0.4 is 10.2 Å². The lowest BCUT2D eigenvalue weighted by Gasteiger charge is -2.32. The van der Waals surface area contributed by atoms with Crippen LogP contribution in [0.5, 0.6) is 0 Å². The first-order valence-electron chi connectivity index (χ1n) is 9.37. The molecule has 0 radical (unpaired) electrons. The van der Waals surface area contributed by atoms with E-state index in [0.717, 1.165) is 30.2 Å². The van der Waals surface area contributed by atoms with Gasteiger partial charge in [-0.25, -0.2) is 4.98 Å². The fourth-order valence-electron chi connectivity index (χ4n) is 3.31. The minimum absolute atomic E-state index is 0.211. The normalized spacial score (nSPS) is 15.5. The molecule has 2 heterocycles. The van der Waals surface area contributed by atoms with E-state index in [1.165, 1.54) is 24.6 Å². The largest absolute Gasteiger partial charge is 0.437 e. The van der Waals surface area contributed by atoms with Gasteiger partial charge in [0, 0.05) is 36.6 Å². The van der Waals surface area contributed by atoms with Crippen LogP contribution in [0.2, 0.25) is 0 Å². The minimum atomic E-state index is -0.211. The Morgan fingerprint density at radius 3 is 2.63 bits per heavy atom. The number of piperidine rings is 1. The molecular formula is C22H23N3O2. The van der Waals surface area contributed by atoms with Crippen molar-refractivity contribution in [3.63, 3.8) is 0 Å². The Kier molecular flexibility index (Phi) is 4.92. The van der Waals surface area contributed by atoms with Crippen LogP contribution in [0, 0.1) is 5.92 Å². The second kappa shape index (κ2) is 7.66. The smallest absolute Gasteiger partial charge is 0.248 e. The Morgan fingerprint density at radius 1 is 1.15 bits per heavy atom. The molecule has 0 bridgehead atoms. The molecule has 1 aromatic heterocycles. The van der Waals surface area contributed by atoms with Crippen LogP contribution in [-0.4, -0.2) is 24.0 Å². The van der Waals surface area contributed by atoms with Crippen LogP contribution in [0.15, 0.2) is 59.0 Å². The molecule has 1 saturated heterocycles. The molecule has 1 aliphatic rings. The summed E-state index contributed by atoms with van der Waals surface area (Å²) in [4.78, 5) is 18.9. The second-order valence-corrected chi connectivity index (χ2v) is 7.06. The highest BCUT2D eigenvalue weighted by Crippen LogP contribution is 2.24. The summed E-state index contributed by atoms with van der Waals surface area (Å²) in [5, 5.41) is 2.87. The van der Waals surface area contributed by atoms with Gasteiger partial charge in [0.1, 0.15) is 5.52 Å². The Bertz CT molecular complexity index is 918. The molecule has 1 aliphatic heterocycles. The van der Waals surface area contributed by atoms with E-state index in [1.807, 2.05) is 36.4 Å². The molecule has 1 fully saturated rings. The van der Waals surface area contributed by atoms with Crippen molar-refractivity contribution in [3.05, 3.63) is 60.5 Å². The van der Waals surface area contributed by atoms with Gasteiger partial charge < -0.3 is 14.6 Å². The van der Waals surface area contributed by atoms with E-state index < -0.39 is 0 Å². The average Bonchev–Trinajstić information content (AvgIpc) is 3.11. The SMILES string of the molecule is CC1CCN(c2ccc(NC(=O)/C=C/c3nc4ccccc4o3)cc2)CC1. The predicted molar refractivity (Wildman–Crippen MR) is 109 cm³/mol. The summed E-state index contributed by atoms with van der Waals surface area (Å²) >= 11 is 0. The molecule has 1 amide bonds. The molecule has 0 aliphatic carbocycles. The number of para-hydroxylation sites is 2. The maximum atomic E-state index is 12.1. The standard InChI is InChI=1S/C22H23N3O2/c1-16-12-14-25(15-13-16)18-8-6-17(7-9-18)23-21(26)10-11-22-24-19-4-2-3-5-20(19)27-22/h2-11,16H,12-15H2,1H3,(H,23,26)/b11-10+. The van der Waals surface area contributed by atoms with Gasteiger partial charge in [-0.3, -0.25) is 4.79 Å². The number of benzene rings is 2. The summed E-state index contributed by atoms with van der Waals surface area (Å²) in [5.41, 5.74) is 3.47. The van der Waals surface area contributed by atoms with Gasteiger partial charge in [0.2, 0.25) is 11.8 Å². The van der Waals surface area contributed by atoms with Gasteiger partial charge in [-0.05, 0) is 55.2 Å². The number of oxazole rings is 1. The first-order valence-corrected chi connectivity index (χ1v) is 9.37. The number of rotatable bonds is 4. The zero-order valence-corrected chi connectivity index (χ0v) is 15.4. The second-order valence-electron chi connectivity index (χ2n) is 7.06. The number of nitrogens with zero attached hydrogens (tertiary/aromatic N) is 2. The van der Waals surface area contributed by atoms with Crippen molar-refractivity contribution in [2.24, 2.45) is 5.92 Å². The quantitative estimate of drug-likeness (QED) is 0.683. The summed E-state index contributed by atoms with van der Waals surface area (Å²) in [6.07, 6.45) is 5.49. The minimum Gasteiger partial charge on any atom is -0.437 e. The molecule has 3 aromatic rings. The fourth-order valence-corrected chi connectivity index (χ4v) is 3.31. The van der Waals surface area contributed by atoms with Crippen molar-refractivity contribution in [3.8, 4) is 0 Å². The molecule has 0 spiro atoms. The summed E-state index contributed by atoms with van der Waals surface area (Å²) in [5.74, 6) is 1.02. The lowest BCUT2D eigenvalue weighted by Crippen LogP contribution is -2.32. The zero-order valence-electron chi connectivity index (χ0n) is 15.4. The Balaban J connectivity index is 1.36. The van der Waals surface area contributed by atoms with Crippen LogP contribution in [0.3, 0.4) is 0 Å². The molecule has 0 saturated carbocycles. The predicted octanol–water partition coefficient (Wildman–Crippen LogP) is 4.72. The number of carbonyl (C=O) groups is 1. The van der Waals surface area contributed by atoms with E-state index in [-0.39, 0.29) is 5.91 Å². The van der Waals surface area contributed by atoms with Crippen molar-refractivity contribution in [1.29, 1.82) is 0 Å². The number of fused-ring (bicyclic) bond motifs is 1. The molecule has 5 heteroatoms. The maximum Gasteiger partial charge on any atom is 0.248 e. The molecule has 5 nitrogen and oxygen atoms in total. The van der Waals surface area contributed by atoms with Gasteiger partial charge in [0.25, 0.3) is 0 Å². The van der Waals surface area contributed by atoms with Gasteiger partial charge in [0.15, 0.2) is 5.58 Å². The molecule has 0 unspecified atom stereocenters. The monoisotopic (exact) mass is 361 g/mol. The molecule has 27 heavy (non-hydrogen) atoms. The lowest BCUT2D eigenvalue weighted by molar-refractivity contribution is -0.111.